The largest absolute Gasteiger partial charge is 0.386 e. The topological polar surface area (TPSA) is 50.4 Å². The number of thiazole rings is 2. The van der Waals surface area contributed by atoms with Crippen molar-refractivity contribution >= 4 is 27.6 Å². The van der Waals surface area contributed by atoms with Crippen LogP contribution < -0.4 is 0 Å². The van der Waals surface area contributed by atoms with E-state index in [9.17, 15) is 5.11 Å². The third-order valence-electron chi connectivity index (χ3n) is 2.52. The van der Waals surface area contributed by atoms with Crippen LogP contribution in [0.5, 0.6) is 0 Å². The van der Waals surface area contributed by atoms with E-state index in [1.54, 1.807) is 22.7 Å². The number of hydrogen-bond acceptors (Lipinski definition) is 5. The van der Waals surface area contributed by atoms with Gasteiger partial charge in [-0.25, -0.2) is 9.97 Å². The number of aliphatic hydroxyl groups is 1. The molecule has 0 fully saturated rings. The molecule has 1 unspecified atom stereocenters. The maximum Gasteiger partial charge on any atom is 0.193 e. The summed E-state index contributed by atoms with van der Waals surface area (Å²) in [5, 5.41) is 14.9. The SMILES string of the molecule is Cc1nc(C(O)Cc2cn3ccsc3n2)cs1. The van der Waals surface area contributed by atoms with E-state index in [2.05, 4.69) is 9.97 Å². The second kappa shape index (κ2) is 4.21. The minimum atomic E-state index is -0.565. The Kier molecular flexibility index (Phi) is 2.70. The van der Waals surface area contributed by atoms with Crippen LogP contribution in [0.3, 0.4) is 0 Å². The molecule has 1 atom stereocenters. The highest BCUT2D eigenvalue weighted by Gasteiger charge is 2.14. The lowest BCUT2D eigenvalue weighted by molar-refractivity contribution is 0.173. The lowest BCUT2D eigenvalue weighted by Crippen LogP contribution is -2.02. The first-order valence-electron chi connectivity index (χ1n) is 5.23. The second-order valence-corrected chi connectivity index (χ2v) is 5.77. The molecule has 0 amide bonds. The van der Waals surface area contributed by atoms with Gasteiger partial charge in [-0.2, -0.15) is 0 Å². The summed E-state index contributed by atoms with van der Waals surface area (Å²) in [5.74, 6) is 0. The van der Waals surface area contributed by atoms with Crippen molar-refractivity contribution in [2.24, 2.45) is 0 Å². The van der Waals surface area contributed by atoms with E-state index in [0.29, 0.717) is 6.42 Å². The molecule has 6 heteroatoms. The minimum absolute atomic E-state index is 0.511. The maximum atomic E-state index is 10.0. The molecule has 0 aliphatic carbocycles. The standard InChI is InChI=1S/C11H11N3OS2/c1-7-12-9(6-17-7)10(15)4-8-5-14-2-3-16-11(14)13-8/h2-3,5-6,10,15H,4H2,1H3. The molecule has 3 aromatic heterocycles. The number of nitrogens with zero attached hydrogens (tertiary/aromatic N) is 3. The van der Waals surface area contributed by atoms with E-state index in [1.807, 2.05) is 34.5 Å². The molecule has 17 heavy (non-hydrogen) atoms. The molecule has 3 aromatic rings. The summed E-state index contributed by atoms with van der Waals surface area (Å²) in [7, 11) is 0. The van der Waals surface area contributed by atoms with Gasteiger partial charge in [0.05, 0.1) is 16.4 Å². The van der Waals surface area contributed by atoms with E-state index in [-0.39, 0.29) is 0 Å². The Balaban J connectivity index is 1.80. The van der Waals surface area contributed by atoms with Gasteiger partial charge in [-0.1, -0.05) is 0 Å². The fourth-order valence-electron chi connectivity index (χ4n) is 1.71. The first-order chi connectivity index (χ1) is 8.22. The van der Waals surface area contributed by atoms with Gasteiger partial charge in [-0.15, -0.1) is 22.7 Å². The van der Waals surface area contributed by atoms with Gasteiger partial charge in [0.2, 0.25) is 0 Å². The van der Waals surface area contributed by atoms with Crippen LogP contribution in [0.2, 0.25) is 0 Å². The van der Waals surface area contributed by atoms with Gasteiger partial charge in [0.25, 0.3) is 0 Å². The Morgan fingerprint density at radius 2 is 2.29 bits per heavy atom. The average Bonchev–Trinajstić information content (AvgIpc) is 2.92. The zero-order chi connectivity index (χ0) is 11.8. The molecule has 4 nitrogen and oxygen atoms in total. The van der Waals surface area contributed by atoms with Crippen LogP contribution >= 0.6 is 22.7 Å². The zero-order valence-electron chi connectivity index (χ0n) is 9.20. The van der Waals surface area contributed by atoms with Crippen LogP contribution in [0, 0.1) is 6.92 Å². The van der Waals surface area contributed by atoms with Crippen molar-refractivity contribution in [3.63, 3.8) is 0 Å². The van der Waals surface area contributed by atoms with Crippen LogP contribution in [-0.4, -0.2) is 19.5 Å². The van der Waals surface area contributed by atoms with Crippen molar-refractivity contribution in [1.82, 2.24) is 14.4 Å². The number of fused-ring (bicyclic) bond motifs is 1. The molecule has 0 saturated heterocycles. The lowest BCUT2D eigenvalue weighted by Gasteiger charge is -2.04. The fourth-order valence-corrected chi connectivity index (χ4v) is 3.09. The predicted molar refractivity (Wildman–Crippen MR) is 68.6 cm³/mol. The molecule has 0 radical (unpaired) electrons. The first kappa shape index (κ1) is 10.9. The van der Waals surface area contributed by atoms with E-state index < -0.39 is 6.10 Å². The smallest absolute Gasteiger partial charge is 0.193 e. The third kappa shape index (κ3) is 2.11. The number of aryl methyl sites for hydroxylation is 1. The van der Waals surface area contributed by atoms with Gasteiger partial charge >= 0.3 is 0 Å². The molecule has 0 spiro atoms. The van der Waals surface area contributed by atoms with E-state index >= 15 is 0 Å². The zero-order valence-corrected chi connectivity index (χ0v) is 10.8. The van der Waals surface area contributed by atoms with Crippen LogP contribution in [0.25, 0.3) is 4.96 Å². The Morgan fingerprint density at radius 1 is 1.41 bits per heavy atom. The summed E-state index contributed by atoms with van der Waals surface area (Å²) in [4.78, 5) is 9.69. The highest BCUT2D eigenvalue weighted by molar-refractivity contribution is 7.15. The summed E-state index contributed by atoms with van der Waals surface area (Å²) in [6, 6.07) is 0. The first-order valence-corrected chi connectivity index (χ1v) is 6.99. The van der Waals surface area contributed by atoms with E-state index in [4.69, 9.17) is 0 Å². The van der Waals surface area contributed by atoms with Gasteiger partial charge in [-0.3, -0.25) is 4.40 Å². The van der Waals surface area contributed by atoms with Crippen molar-refractivity contribution in [2.45, 2.75) is 19.4 Å². The molecule has 0 aromatic carbocycles. The van der Waals surface area contributed by atoms with E-state index in [1.165, 1.54) is 0 Å². The maximum absolute atomic E-state index is 10.0. The van der Waals surface area contributed by atoms with Crippen molar-refractivity contribution in [1.29, 1.82) is 0 Å². The van der Waals surface area contributed by atoms with Gasteiger partial charge in [0.1, 0.15) is 6.10 Å². The molecule has 0 aliphatic heterocycles. The average molecular weight is 265 g/mol. The fraction of sp³-hybridized carbons (Fsp3) is 0.273. The Bertz CT molecular complexity index is 611. The van der Waals surface area contributed by atoms with Crippen molar-refractivity contribution < 1.29 is 5.11 Å². The summed E-state index contributed by atoms with van der Waals surface area (Å²) in [6.07, 6.45) is 3.87. The van der Waals surface area contributed by atoms with Gasteiger partial charge < -0.3 is 5.11 Å². The molecule has 3 heterocycles. The Hall–Kier alpha value is -1.24. The second-order valence-electron chi connectivity index (χ2n) is 3.84. The van der Waals surface area contributed by atoms with Crippen LogP contribution in [-0.2, 0) is 6.42 Å². The predicted octanol–water partition coefficient (Wildman–Crippen LogP) is 2.44. The summed E-state index contributed by atoms with van der Waals surface area (Å²) >= 11 is 3.15. The number of aliphatic hydroxyl groups excluding tert-OH is 1. The molecule has 0 aliphatic rings. The van der Waals surface area contributed by atoms with Gasteiger partial charge in [-0.05, 0) is 6.92 Å². The highest BCUT2D eigenvalue weighted by atomic mass is 32.1. The minimum Gasteiger partial charge on any atom is -0.386 e. The summed E-state index contributed by atoms with van der Waals surface area (Å²) in [6.45, 7) is 1.94. The Labute approximate surface area is 106 Å². The monoisotopic (exact) mass is 265 g/mol. The molecule has 3 rings (SSSR count). The van der Waals surface area contributed by atoms with Gasteiger partial charge in [0, 0.05) is 29.6 Å². The third-order valence-corrected chi connectivity index (χ3v) is 4.09. The lowest BCUT2D eigenvalue weighted by atomic mass is 10.2. The molecule has 88 valence electrons. The Morgan fingerprint density at radius 3 is 3.00 bits per heavy atom. The van der Waals surface area contributed by atoms with Crippen LogP contribution in [0.1, 0.15) is 22.5 Å². The van der Waals surface area contributed by atoms with Crippen LogP contribution in [0.4, 0.5) is 0 Å². The molecule has 0 bridgehead atoms. The number of aromatic nitrogens is 3. The molecule has 0 saturated carbocycles. The molecule has 1 N–H and O–H groups in total. The quantitative estimate of drug-likeness (QED) is 0.791. The normalized spacial score (nSPS) is 13.3. The number of imidazole rings is 1. The summed E-state index contributed by atoms with van der Waals surface area (Å²) in [5.41, 5.74) is 1.64. The van der Waals surface area contributed by atoms with Gasteiger partial charge in [0.15, 0.2) is 4.96 Å². The van der Waals surface area contributed by atoms with Crippen molar-refractivity contribution in [3.8, 4) is 0 Å². The van der Waals surface area contributed by atoms with Crippen molar-refractivity contribution in [2.75, 3.05) is 0 Å². The molecular formula is C11H11N3OS2. The van der Waals surface area contributed by atoms with E-state index in [0.717, 1.165) is 21.4 Å². The number of hydrogen-bond donors (Lipinski definition) is 1. The van der Waals surface area contributed by atoms with Crippen LogP contribution in [0.15, 0.2) is 23.2 Å². The highest BCUT2D eigenvalue weighted by Crippen LogP contribution is 2.21. The number of rotatable bonds is 3. The summed E-state index contributed by atoms with van der Waals surface area (Å²) < 4.78 is 1.97. The molecular weight excluding hydrogens is 254 g/mol. The van der Waals surface area contributed by atoms with Crippen molar-refractivity contribution in [3.05, 3.63) is 39.5 Å².